The lowest BCUT2D eigenvalue weighted by Gasteiger charge is -2.12. The fraction of sp³-hybridized carbons (Fsp3) is 0.200. The van der Waals surface area contributed by atoms with Crippen molar-refractivity contribution in [3.05, 3.63) is 70.2 Å². The molecule has 0 saturated heterocycles. The minimum Gasteiger partial charge on any atom is -0.338 e. The molecule has 0 aliphatic heterocycles. The van der Waals surface area contributed by atoms with Gasteiger partial charge in [0, 0.05) is 12.1 Å². The molecular weight excluding hydrogens is 449 g/mol. The number of allylic oxidation sites excluding steroid dienone is 1. The summed E-state index contributed by atoms with van der Waals surface area (Å²) < 4.78 is 45.7. The van der Waals surface area contributed by atoms with Crippen LogP contribution in [0.5, 0.6) is 0 Å². The molecule has 3 aromatic heterocycles. The van der Waals surface area contributed by atoms with Gasteiger partial charge >= 0.3 is 6.18 Å². The highest BCUT2D eigenvalue weighted by Gasteiger charge is 2.31. The van der Waals surface area contributed by atoms with Crippen LogP contribution in [-0.4, -0.2) is 19.7 Å². The normalized spacial score (nSPS) is 12.9. The smallest absolute Gasteiger partial charge is 0.338 e. The van der Waals surface area contributed by atoms with Crippen LogP contribution in [-0.2, 0) is 12.7 Å². The number of benzene rings is 1. The zero-order valence-corrected chi connectivity index (χ0v) is 17.7. The van der Waals surface area contributed by atoms with Crippen molar-refractivity contribution in [3.8, 4) is 11.4 Å². The Kier molecular flexibility index (Phi) is 5.71. The summed E-state index contributed by atoms with van der Waals surface area (Å²) in [5, 5.41) is 6.22. The Morgan fingerprint density at radius 2 is 2.13 bits per heavy atom. The van der Waals surface area contributed by atoms with Gasteiger partial charge < -0.3 is 4.52 Å². The van der Waals surface area contributed by atoms with E-state index >= 15 is 0 Å². The number of aromatic nitrogens is 4. The summed E-state index contributed by atoms with van der Waals surface area (Å²) in [6.45, 7) is 5.76. The van der Waals surface area contributed by atoms with Crippen molar-refractivity contribution in [2.75, 3.05) is 0 Å². The lowest BCUT2D eigenvalue weighted by Crippen LogP contribution is -2.22. The quantitative estimate of drug-likeness (QED) is 0.211. The first-order valence-electron chi connectivity index (χ1n) is 9.04. The Balaban J connectivity index is 1.63. The molecule has 4 aromatic rings. The van der Waals surface area contributed by atoms with Crippen LogP contribution in [0.2, 0.25) is 0 Å². The molecule has 160 valence electrons. The molecule has 0 fully saturated rings. The maximum atomic E-state index is 13.0. The summed E-state index contributed by atoms with van der Waals surface area (Å²) in [5.41, 5.74) is -0.763. The average molecular weight is 464 g/mol. The van der Waals surface area contributed by atoms with E-state index in [9.17, 15) is 18.0 Å². The van der Waals surface area contributed by atoms with Crippen LogP contribution in [0, 0.1) is 0 Å². The third kappa shape index (κ3) is 4.28. The van der Waals surface area contributed by atoms with Crippen molar-refractivity contribution in [1.82, 2.24) is 19.7 Å². The molecular formula is C20H15F3N4O2S2. The summed E-state index contributed by atoms with van der Waals surface area (Å²) in [5.74, 6) is 0.266. The Morgan fingerprint density at radius 1 is 1.32 bits per heavy atom. The highest BCUT2D eigenvalue weighted by molar-refractivity contribution is 7.99. The molecule has 0 aliphatic rings. The molecule has 0 radical (unpaired) electrons. The number of thiophene rings is 1. The Morgan fingerprint density at radius 3 is 2.87 bits per heavy atom. The number of thioether (sulfide) groups is 1. The summed E-state index contributed by atoms with van der Waals surface area (Å²) in [6, 6.07) is 6.46. The number of nitrogens with zero attached hydrogens (tertiary/aromatic N) is 4. The number of alkyl halides is 3. The van der Waals surface area contributed by atoms with Crippen molar-refractivity contribution in [3.63, 3.8) is 0 Å². The molecule has 11 heteroatoms. The van der Waals surface area contributed by atoms with Gasteiger partial charge in [-0.3, -0.25) is 9.36 Å². The molecule has 0 spiro atoms. The monoisotopic (exact) mass is 464 g/mol. The number of rotatable bonds is 6. The van der Waals surface area contributed by atoms with Crippen molar-refractivity contribution in [2.24, 2.45) is 0 Å². The van der Waals surface area contributed by atoms with Gasteiger partial charge in [-0.2, -0.15) is 18.2 Å². The number of hydrogen-bond donors (Lipinski definition) is 0. The minimum absolute atomic E-state index is 0.0544. The van der Waals surface area contributed by atoms with Gasteiger partial charge in [0.05, 0.1) is 16.2 Å². The minimum atomic E-state index is -4.47. The summed E-state index contributed by atoms with van der Waals surface area (Å²) >= 11 is 2.61. The molecule has 0 saturated carbocycles. The molecule has 1 aromatic carbocycles. The van der Waals surface area contributed by atoms with Gasteiger partial charge in [-0.1, -0.05) is 35.1 Å². The zero-order valence-electron chi connectivity index (χ0n) is 16.1. The van der Waals surface area contributed by atoms with Crippen LogP contribution in [0.1, 0.15) is 23.6 Å². The molecule has 4 rings (SSSR count). The Labute approximate surface area is 182 Å². The zero-order chi connectivity index (χ0) is 22.2. The fourth-order valence-electron chi connectivity index (χ4n) is 2.87. The number of fused-ring (bicyclic) bond motifs is 1. The predicted molar refractivity (Wildman–Crippen MR) is 113 cm³/mol. The number of halogens is 3. The van der Waals surface area contributed by atoms with E-state index in [-0.39, 0.29) is 29.4 Å². The molecule has 0 aliphatic carbocycles. The fourth-order valence-corrected chi connectivity index (χ4v) is 4.62. The predicted octanol–water partition coefficient (Wildman–Crippen LogP) is 5.57. The standard InChI is InChI=1S/C20H15F3N4O2S2/c1-3-8-27-18(28)14-7-9-30-17(14)25-19(27)31-11(2)16-24-15(26-29-16)12-5-4-6-13(10-12)20(21,22)23/h3-7,9-11H,1,8H2,2H3. The first kappa shape index (κ1) is 21.3. The maximum Gasteiger partial charge on any atom is 0.416 e. The molecule has 0 N–H and O–H groups in total. The van der Waals surface area contributed by atoms with E-state index in [0.29, 0.717) is 15.4 Å². The van der Waals surface area contributed by atoms with E-state index in [1.54, 1.807) is 24.4 Å². The highest BCUT2D eigenvalue weighted by atomic mass is 32.2. The lowest BCUT2D eigenvalue weighted by atomic mass is 10.1. The van der Waals surface area contributed by atoms with Gasteiger partial charge in [0.1, 0.15) is 4.83 Å². The van der Waals surface area contributed by atoms with Gasteiger partial charge in [-0.15, -0.1) is 17.9 Å². The van der Waals surface area contributed by atoms with Gasteiger partial charge in [-0.05, 0) is 30.5 Å². The van der Waals surface area contributed by atoms with Crippen molar-refractivity contribution in [1.29, 1.82) is 0 Å². The largest absolute Gasteiger partial charge is 0.416 e. The second-order valence-electron chi connectivity index (χ2n) is 6.53. The maximum absolute atomic E-state index is 13.0. The first-order chi connectivity index (χ1) is 14.8. The third-order valence-electron chi connectivity index (χ3n) is 4.38. The molecule has 0 amide bonds. The Hall–Kier alpha value is -2.92. The van der Waals surface area contributed by atoms with E-state index in [4.69, 9.17) is 4.52 Å². The van der Waals surface area contributed by atoms with Crippen LogP contribution >= 0.6 is 23.1 Å². The van der Waals surface area contributed by atoms with E-state index < -0.39 is 17.0 Å². The van der Waals surface area contributed by atoms with Gasteiger partial charge in [0.2, 0.25) is 11.7 Å². The highest BCUT2D eigenvalue weighted by Crippen LogP contribution is 2.35. The van der Waals surface area contributed by atoms with E-state index in [1.807, 2.05) is 0 Å². The van der Waals surface area contributed by atoms with Gasteiger partial charge in [-0.25, -0.2) is 4.98 Å². The second-order valence-corrected chi connectivity index (χ2v) is 8.74. The summed E-state index contributed by atoms with van der Waals surface area (Å²) in [4.78, 5) is 22.2. The van der Waals surface area contributed by atoms with Crippen LogP contribution in [0.3, 0.4) is 0 Å². The van der Waals surface area contributed by atoms with E-state index in [1.165, 1.54) is 39.8 Å². The van der Waals surface area contributed by atoms with Crippen molar-refractivity contribution in [2.45, 2.75) is 30.1 Å². The molecule has 6 nitrogen and oxygen atoms in total. The van der Waals surface area contributed by atoms with Crippen LogP contribution in [0.4, 0.5) is 13.2 Å². The lowest BCUT2D eigenvalue weighted by molar-refractivity contribution is -0.137. The van der Waals surface area contributed by atoms with E-state index in [2.05, 4.69) is 21.7 Å². The van der Waals surface area contributed by atoms with Crippen LogP contribution in [0.15, 0.2) is 62.8 Å². The summed E-state index contributed by atoms with van der Waals surface area (Å²) in [7, 11) is 0. The molecule has 3 heterocycles. The molecule has 1 atom stereocenters. The van der Waals surface area contributed by atoms with Gasteiger partial charge in [0.15, 0.2) is 5.16 Å². The van der Waals surface area contributed by atoms with E-state index in [0.717, 1.165) is 12.1 Å². The van der Waals surface area contributed by atoms with Crippen molar-refractivity contribution < 1.29 is 17.7 Å². The molecule has 1 unspecified atom stereocenters. The molecule has 31 heavy (non-hydrogen) atoms. The molecule has 0 bridgehead atoms. The summed E-state index contributed by atoms with van der Waals surface area (Å²) in [6.07, 6.45) is -2.86. The van der Waals surface area contributed by atoms with Crippen LogP contribution < -0.4 is 5.56 Å². The first-order valence-corrected chi connectivity index (χ1v) is 10.8. The topological polar surface area (TPSA) is 73.8 Å². The third-order valence-corrected chi connectivity index (χ3v) is 6.26. The average Bonchev–Trinajstić information content (AvgIpc) is 3.40. The number of hydrogen-bond acceptors (Lipinski definition) is 7. The Bertz CT molecular complexity index is 1310. The van der Waals surface area contributed by atoms with Crippen LogP contribution in [0.25, 0.3) is 21.6 Å². The van der Waals surface area contributed by atoms with Gasteiger partial charge in [0.25, 0.3) is 5.56 Å². The van der Waals surface area contributed by atoms with Crippen molar-refractivity contribution >= 4 is 33.3 Å². The SMILES string of the molecule is C=CCn1c(SC(C)c2nc(-c3cccc(C(F)(F)F)c3)no2)nc2sccc2c1=O. The second kappa shape index (κ2) is 8.31.